The first-order chi connectivity index (χ1) is 10.2. The molecule has 0 fully saturated rings. The third-order valence-electron chi connectivity index (χ3n) is 2.91. The maximum absolute atomic E-state index is 12.7. The molecule has 2 aromatic rings. The minimum Gasteiger partial charge on any atom is -0.497 e. The summed E-state index contributed by atoms with van der Waals surface area (Å²) >= 11 is 0. The average molecular weight is 285 g/mol. The molecule has 2 rings (SSSR count). The highest BCUT2D eigenvalue weighted by Gasteiger charge is 2.03. The van der Waals surface area contributed by atoms with Crippen LogP contribution in [0, 0.1) is 5.82 Å². The van der Waals surface area contributed by atoms with Gasteiger partial charge >= 0.3 is 0 Å². The molecular weight excluding hydrogens is 269 g/mol. The van der Waals surface area contributed by atoms with Crippen molar-refractivity contribution < 1.29 is 13.9 Å². The lowest BCUT2D eigenvalue weighted by atomic mass is 10.2. The summed E-state index contributed by atoms with van der Waals surface area (Å²) in [5.41, 5.74) is 1.46. The van der Waals surface area contributed by atoms with Gasteiger partial charge in [0.25, 0.3) is 5.91 Å². The van der Waals surface area contributed by atoms with E-state index in [0.29, 0.717) is 12.1 Å². The van der Waals surface area contributed by atoms with E-state index in [0.717, 1.165) is 11.3 Å². The van der Waals surface area contributed by atoms with Gasteiger partial charge in [-0.05, 0) is 42.0 Å². The minimum atomic E-state index is -0.356. The van der Waals surface area contributed by atoms with Gasteiger partial charge in [-0.15, -0.1) is 0 Å². The molecule has 0 bridgehead atoms. The molecule has 4 heteroatoms. The van der Waals surface area contributed by atoms with Crippen LogP contribution in [0.15, 0.2) is 54.6 Å². The van der Waals surface area contributed by atoms with Crippen molar-refractivity contribution >= 4 is 12.0 Å². The number of nitrogens with one attached hydrogen (secondary N) is 1. The monoisotopic (exact) mass is 285 g/mol. The summed E-state index contributed by atoms with van der Waals surface area (Å²) in [7, 11) is 1.62. The highest BCUT2D eigenvalue weighted by atomic mass is 19.1. The van der Waals surface area contributed by atoms with Gasteiger partial charge in [-0.3, -0.25) is 4.79 Å². The minimum absolute atomic E-state index is 0.227. The molecule has 0 aromatic heterocycles. The van der Waals surface area contributed by atoms with Crippen molar-refractivity contribution in [1.29, 1.82) is 0 Å². The van der Waals surface area contributed by atoms with Crippen LogP contribution in [0.3, 0.4) is 0 Å². The number of methoxy groups -OCH3 is 1. The Hall–Kier alpha value is -2.62. The lowest BCUT2D eigenvalue weighted by Crippen LogP contribution is -2.23. The summed E-state index contributed by atoms with van der Waals surface area (Å²) in [6.07, 6.45) is 3.76. The summed E-state index contributed by atoms with van der Waals surface area (Å²) < 4.78 is 17.8. The number of carbonyl (C=O) groups excluding carboxylic acids is 1. The molecule has 0 saturated heterocycles. The molecule has 0 spiro atoms. The molecule has 0 unspecified atom stereocenters. The third-order valence-corrected chi connectivity index (χ3v) is 2.91. The number of halogens is 1. The molecule has 1 N–H and O–H groups in total. The molecule has 0 radical (unpaired) electrons. The average Bonchev–Trinajstić information content (AvgIpc) is 2.52. The zero-order valence-electron chi connectivity index (χ0n) is 11.7. The van der Waals surface area contributed by atoms with E-state index in [9.17, 15) is 9.18 Å². The Bertz CT molecular complexity index is 618. The topological polar surface area (TPSA) is 38.3 Å². The molecule has 0 heterocycles. The van der Waals surface area contributed by atoms with Crippen LogP contribution in [0.5, 0.6) is 5.75 Å². The Morgan fingerprint density at radius 1 is 1.14 bits per heavy atom. The number of rotatable bonds is 5. The Morgan fingerprint density at radius 2 is 1.81 bits per heavy atom. The van der Waals surface area contributed by atoms with Gasteiger partial charge in [0.15, 0.2) is 0 Å². The number of amides is 1. The van der Waals surface area contributed by atoms with Gasteiger partial charge in [-0.25, -0.2) is 4.39 Å². The zero-order chi connectivity index (χ0) is 15.1. The predicted molar refractivity (Wildman–Crippen MR) is 80.8 cm³/mol. The Balaban J connectivity index is 1.84. The van der Waals surface area contributed by atoms with E-state index in [-0.39, 0.29) is 11.7 Å². The second-order valence-corrected chi connectivity index (χ2v) is 4.39. The number of benzene rings is 2. The fourth-order valence-electron chi connectivity index (χ4n) is 1.76. The van der Waals surface area contributed by atoms with E-state index >= 15 is 0 Å². The first kappa shape index (κ1) is 14.8. The van der Waals surface area contributed by atoms with Crippen molar-refractivity contribution in [2.24, 2.45) is 0 Å². The largest absolute Gasteiger partial charge is 0.497 e. The lowest BCUT2D eigenvalue weighted by Gasteiger charge is -2.02. The molecule has 3 nitrogen and oxygen atoms in total. The SMILES string of the molecule is COc1ccc(/C=C/CNC(=O)c2ccc(F)cc2)cc1. The Kier molecular flexibility index (Phi) is 5.10. The maximum Gasteiger partial charge on any atom is 0.251 e. The summed E-state index contributed by atoms with van der Waals surface area (Å²) in [6, 6.07) is 13.0. The predicted octanol–water partition coefficient (Wildman–Crippen LogP) is 3.28. The van der Waals surface area contributed by atoms with Gasteiger partial charge in [-0.2, -0.15) is 0 Å². The van der Waals surface area contributed by atoms with Crippen molar-refractivity contribution in [2.75, 3.05) is 13.7 Å². The van der Waals surface area contributed by atoms with E-state index in [4.69, 9.17) is 4.74 Å². The van der Waals surface area contributed by atoms with Gasteiger partial charge in [0.05, 0.1) is 7.11 Å². The van der Waals surface area contributed by atoms with Crippen molar-refractivity contribution in [2.45, 2.75) is 0 Å². The molecule has 0 atom stereocenters. The molecule has 2 aromatic carbocycles. The molecule has 0 saturated carbocycles. The number of hydrogen-bond donors (Lipinski definition) is 1. The Morgan fingerprint density at radius 3 is 2.43 bits per heavy atom. The van der Waals surface area contributed by atoms with Crippen LogP contribution >= 0.6 is 0 Å². The van der Waals surface area contributed by atoms with E-state index < -0.39 is 0 Å². The van der Waals surface area contributed by atoms with E-state index in [1.165, 1.54) is 24.3 Å². The molecule has 0 aliphatic rings. The molecule has 0 aliphatic heterocycles. The number of carbonyl (C=O) groups is 1. The van der Waals surface area contributed by atoms with E-state index in [1.807, 2.05) is 36.4 Å². The summed E-state index contributed by atoms with van der Waals surface area (Å²) in [5.74, 6) is 0.220. The fraction of sp³-hybridized carbons (Fsp3) is 0.118. The fourth-order valence-corrected chi connectivity index (χ4v) is 1.76. The van der Waals surface area contributed by atoms with Crippen molar-refractivity contribution in [3.05, 3.63) is 71.6 Å². The molecular formula is C17H16FNO2. The van der Waals surface area contributed by atoms with Gasteiger partial charge < -0.3 is 10.1 Å². The summed E-state index contributed by atoms with van der Waals surface area (Å²) in [5, 5.41) is 2.74. The van der Waals surface area contributed by atoms with Gasteiger partial charge in [0, 0.05) is 12.1 Å². The highest BCUT2D eigenvalue weighted by Crippen LogP contribution is 2.12. The molecule has 1 amide bonds. The standard InChI is InChI=1S/C17H16FNO2/c1-21-16-10-4-13(5-11-16)3-2-12-19-17(20)14-6-8-15(18)9-7-14/h2-11H,12H2,1H3,(H,19,20)/b3-2+. The van der Waals surface area contributed by atoms with Crippen LogP contribution < -0.4 is 10.1 Å². The van der Waals surface area contributed by atoms with Crippen molar-refractivity contribution in [3.8, 4) is 5.75 Å². The quantitative estimate of drug-likeness (QED) is 0.915. The highest BCUT2D eigenvalue weighted by molar-refractivity contribution is 5.94. The van der Waals surface area contributed by atoms with Crippen molar-refractivity contribution in [1.82, 2.24) is 5.32 Å². The van der Waals surface area contributed by atoms with Crippen LogP contribution in [0.2, 0.25) is 0 Å². The number of ether oxygens (including phenoxy) is 1. The second kappa shape index (κ2) is 7.24. The first-order valence-corrected chi connectivity index (χ1v) is 6.53. The molecule has 21 heavy (non-hydrogen) atoms. The smallest absolute Gasteiger partial charge is 0.251 e. The summed E-state index contributed by atoms with van der Waals surface area (Å²) in [4.78, 5) is 11.8. The van der Waals surface area contributed by atoms with Gasteiger partial charge in [-0.1, -0.05) is 24.3 Å². The van der Waals surface area contributed by atoms with Crippen LogP contribution in [-0.4, -0.2) is 19.6 Å². The van der Waals surface area contributed by atoms with Crippen LogP contribution in [0.4, 0.5) is 4.39 Å². The first-order valence-electron chi connectivity index (χ1n) is 6.53. The lowest BCUT2D eigenvalue weighted by molar-refractivity contribution is 0.0958. The molecule has 0 aliphatic carbocycles. The maximum atomic E-state index is 12.7. The van der Waals surface area contributed by atoms with E-state index in [1.54, 1.807) is 7.11 Å². The van der Waals surface area contributed by atoms with Crippen LogP contribution in [-0.2, 0) is 0 Å². The van der Waals surface area contributed by atoms with Gasteiger partial charge in [0.1, 0.15) is 11.6 Å². The number of hydrogen-bond acceptors (Lipinski definition) is 2. The van der Waals surface area contributed by atoms with Crippen LogP contribution in [0.1, 0.15) is 15.9 Å². The summed E-state index contributed by atoms with van der Waals surface area (Å²) in [6.45, 7) is 0.405. The second-order valence-electron chi connectivity index (χ2n) is 4.39. The zero-order valence-corrected chi connectivity index (χ0v) is 11.7. The normalized spacial score (nSPS) is 10.6. The van der Waals surface area contributed by atoms with Crippen molar-refractivity contribution in [3.63, 3.8) is 0 Å². The Labute approximate surface area is 123 Å². The van der Waals surface area contributed by atoms with Crippen LogP contribution in [0.25, 0.3) is 6.08 Å². The molecule has 108 valence electrons. The third kappa shape index (κ3) is 4.45. The van der Waals surface area contributed by atoms with E-state index in [2.05, 4.69) is 5.32 Å². The van der Waals surface area contributed by atoms with Gasteiger partial charge in [0.2, 0.25) is 0 Å².